The highest BCUT2D eigenvalue weighted by molar-refractivity contribution is 5.73. The van der Waals surface area contributed by atoms with Gasteiger partial charge in [-0.15, -0.1) is 0 Å². The molecule has 5 nitrogen and oxygen atoms in total. The van der Waals surface area contributed by atoms with Crippen LogP contribution in [0.2, 0.25) is 0 Å². The van der Waals surface area contributed by atoms with Gasteiger partial charge >= 0.3 is 12.1 Å². The lowest BCUT2D eigenvalue weighted by Gasteiger charge is -2.26. The summed E-state index contributed by atoms with van der Waals surface area (Å²) < 4.78 is 33.7. The topological polar surface area (TPSA) is 67.1 Å². The van der Waals surface area contributed by atoms with Crippen molar-refractivity contribution >= 4 is 5.97 Å². The molecule has 0 aliphatic carbocycles. The quantitative estimate of drug-likeness (QED) is 0.753. The zero-order valence-corrected chi connectivity index (χ0v) is 8.11. The molecule has 0 atom stereocenters. The molecule has 0 saturated carbocycles. The molecular weight excluding hydrogens is 227 g/mol. The van der Waals surface area contributed by atoms with Gasteiger partial charge < -0.3 is 10.4 Å². The van der Waals surface area contributed by atoms with Gasteiger partial charge in [-0.25, -0.2) is 4.79 Å². The molecule has 2 N–H and O–H groups in total. The highest BCUT2D eigenvalue weighted by Crippen LogP contribution is 2.13. The minimum absolute atomic E-state index is 0.611. The zero-order chi connectivity index (χ0) is 12.2. The Bertz CT molecular complexity index is 333. The fraction of sp³-hybridized carbons (Fsp3) is 0.500. The summed E-state index contributed by atoms with van der Waals surface area (Å²) in [4.78, 5) is 8.90. The molecule has 1 aromatic heterocycles. The average Bonchev–Trinajstić information content (AvgIpc) is 2.53. The van der Waals surface area contributed by atoms with Gasteiger partial charge in [-0.1, -0.05) is 0 Å². The third kappa shape index (κ3) is 3.54. The summed E-state index contributed by atoms with van der Waals surface area (Å²) in [6, 6.07) is 2.57. The number of carboxylic acid groups (broad SMARTS) is 1. The molecule has 16 heavy (non-hydrogen) atoms. The Morgan fingerprint density at radius 2 is 2.06 bits per heavy atom. The number of carboxylic acids is 1. The van der Waals surface area contributed by atoms with Gasteiger partial charge in [0.1, 0.15) is 0 Å². The summed E-state index contributed by atoms with van der Waals surface area (Å²) >= 11 is 0. The van der Waals surface area contributed by atoms with Crippen LogP contribution < -0.4 is 5.32 Å². The fourth-order valence-electron chi connectivity index (χ4n) is 0.957. The monoisotopic (exact) mass is 237 g/mol. The lowest BCUT2D eigenvalue weighted by molar-refractivity contribution is -0.192. The number of alkyl halides is 3. The van der Waals surface area contributed by atoms with Crippen LogP contribution in [0.25, 0.3) is 0 Å². The first-order valence-corrected chi connectivity index (χ1v) is 4.41. The summed E-state index contributed by atoms with van der Waals surface area (Å²) in [7, 11) is 0. The van der Waals surface area contributed by atoms with E-state index in [0.29, 0.717) is 6.04 Å². The first-order chi connectivity index (χ1) is 7.41. The Balaban J connectivity index is 0.000000168. The van der Waals surface area contributed by atoms with Crippen LogP contribution in [0.5, 0.6) is 0 Å². The van der Waals surface area contributed by atoms with Crippen LogP contribution in [0.1, 0.15) is 6.04 Å². The Morgan fingerprint density at radius 1 is 1.50 bits per heavy atom. The van der Waals surface area contributed by atoms with Gasteiger partial charge in [-0.3, -0.25) is 4.68 Å². The molecule has 2 rings (SSSR count). The van der Waals surface area contributed by atoms with E-state index in [0.717, 1.165) is 13.1 Å². The van der Waals surface area contributed by atoms with Crippen LogP contribution in [-0.2, 0) is 4.79 Å². The van der Waals surface area contributed by atoms with Crippen molar-refractivity contribution in [3.63, 3.8) is 0 Å². The van der Waals surface area contributed by atoms with E-state index in [9.17, 15) is 13.2 Å². The van der Waals surface area contributed by atoms with Crippen molar-refractivity contribution < 1.29 is 23.1 Å². The Kier molecular flexibility index (Phi) is 3.88. The van der Waals surface area contributed by atoms with Gasteiger partial charge in [0.15, 0.2) is 0 Å². The minimum Gasteiger partial charge on any atom is -0.475 e. The van der Waals surface area contributed by atoms with E-state index < -0.39 is 12.1 Å². The van der Waals surface area contributed by atoms with E-state index in [1.807, 2.05) is 23.1 Å². The summed E-state index contributed by atoms with van der Waals surface area (Å²) in [5, 5.41) is 14.4. The second-order valence-electron chi connectivity index (χ2n) is 3.10. The molecule has 0 amide bonds. The van der Waals surface area contributed by atoms with Gasteiger partial charge in [0.05, 0.1) is 6.04 Å². The van der Waals surface area contributed by atoms with Crippen molar-refractivity contribution in [2.45, 2.75) is 12.2 Å². The molecular formula is C8H10F3N3O2. The number of nitrogens with zero attached hydrogens (tertiary/aromatic N) is 2. The summed E-state index contributed by atoms with van der Waals surface area (Å²) in [6.45, 7) is 2.14. The maximum absolute atomic E-state index is 10.6. The van der Waals surface area contributed by atoms with E-state index in [-0.39, 0.29) is 0 Å². The molecule has 1 aliphatic heterocycles. The van der Waals surface area contributed by atoms with Crippen molar-refractivity contribution in [3.8, 4) is 0 Å². The van der Waals surface area contributed by atoms with E-state index in [2.05, 4.69) is 10.4 Å². The van der Waals surface area contributed by atoms with Gasteiger partial charge in [0.2, 0.25) is 0 Å². The second-order valence-corrected chi connectivity index (χ2v) is 3.10. The van der Waals surface area contributed by atoms with Crippen molar-refractivity contribution in [2.24, 2.45) is 0 Å². The van der Waals surface area contributed by atoms with Crippen LogP contribution >= 0.6 is 0 Å². The number of hydrogen-bond acceptors (Lipinski definition) is 3. The number of hydrogen-bond donors (Lipinski definition) is 2. The first kappa shape index (κ1) is 12.5. The predicted octanol–water partition coefficient (Wildman–Crippen LogP) is 0.661. The van der Waals surface area contributed by atoms with Crippen molar-refractivity contribution in [2.75, 3.05) is 13.1 Å². The molecule has 90 valence electrons. The maximum Gasteiger partial charge on any atom is 0.490 e. The Labute approximate surface area is 88.9 Å². The normalized spacial score (nSPS) is 15.9. The molecule has 0 aromatic carbocycles. The lowest BCUT2D eigenvalue weighted by atomic mass is 10.2. The number of nitrogens with one attached hydrogen (secondary N) is 1. The average molecular weight is 237 g/mol. The number of aromatic nitrogens is 2. The predicted molar refractivity (Wildman–Crippen MR) is 47.8 cm³/mol. The number of rotatable bonds is 1. The second kappa shape index (κ2) is 4.97. The molecule has 1 saturated heterocycles. The van der Waals surface area contributed by atoms with Crippen molar-refractivity contribution in [3.05, 3.63) is 18.5 Å². The van der Waals surface area contributed by atoms with Crippen LogP contribution in [0.4, 0.5) is 13.2 Å². The summed E-state index contributed by atoms with van der Waals surface area (Å²) in [5.41, 5.74) is 0. The van der Waals surface area contributed by atoms with E-state index in [1.165, 1.54) is 0 Å². The molecule has 1 fully saturated rings. The third-order valence-corrected chi connectivity index (χ3v) is 1.90. The lowest BCUT2D eigenvalue weighted by Crippen LogP contribution is -2.43. The molecule has 2 heterocycles. The van der Waals surface area contributed by atoms with Gasteiger partial charge in [-0.05, 0) is 6.07 Å². The van der Waals surface area contributed by atoms with E-state index in [1.54, 1.807) is 0 Å². The van der Waals surface area contributed by atoms with E-state index in [4.69, 9.17) is 9.90 Å². The fourth-order valence-corrected chi connectivity index (χ4v) is 0.957. The summed E-state index contributed by atoms with van der Waals surface area (Å²) in [5.74, 6) is -2.76. The van der Waals surface area contributed by atoms with Crippen LogP contribution in [0.3, 0.4) is 0 Å². The molecule has 0 spiro atoms. The minimum atomic E-state index is -5.08. The summed E-state index contributed by atoms with van der Waals surface area (Å²) in [6.07, 6.45) is -1.26. The van der Waals surface area contributed by atoms with Gasteiger partial charge in [-0.2, -0.15) is 18.3 Å². The Morgan fingerprint density at radius 3 is 2.31 bits per heavy atom. The highest BCUT2D eigenvalue weighted by atomic mass is 19.4. The molecule has 0 radical (unpaired) electrons. The molecule has 0 bridgehead atoms. The van der Waals surface area contributed by atoms with Crippen molar-refractivity contribution in [1.29, 1.82) is 0 Å². The molecule has 8 heteroatoms. The van der Waals surface area contributed by atoms with Crippen LogP contribution in [0, 0.1) is 0 Å². The number of carbonyl (C=O) groups is 1. The van der Waals surface area contributed by atoms with E-state index >= 15 is 0 Å². The molecule has 0 unspecified atom stereocenters. The Hall–Kier alpha value is -1.57. The molecule has 1 aliphatic rings. The van der Waals surface area contributed by atoms with Crippen LogP contribution in [-0.4, -0.2) is 40.1 Å². The third-order valence-electron chi connectivity index (χ3n) is 1.90. The smallest absolute Gasteiger partial charge is 0.475 e. The number of aliphatic carboxylic acids is 1. The maximum atomic E-state index is 10.6. The van der Waals surface area contributed by atoms with Crippen LogP contribution in [0.15, 0.2) is 18.5 Å². The SMILES string of the molecule is O=C(O)C(F)(F)F.c1cnn(C2CNC2)c1. The first-order valence-electron chi connectivity index (χ1n) is 4.41. The van der Waals surface area contributed by atoms with Gasteiger partial charge in [0, 0.05) is 25.5 Å². The largest absolute Gasteiger partial charge is 0.490 e. The zero-order valence-electron chi connectivity index (χ0n) is 8.11. The number of halogens is 3. The van der Waals surface area contributed by atoms with Gasteiger partial charge in [0.25, 0.3) is 0 Å². The standard InChI is InChI=1S/C6H9N3.C2HF3O2/c1-2-8-9(3-1)6-4-7-5-6;3-2(4,5)1(6)7/h1-3,6-7H,4-5H2;(H,6,7). The van der Waals surface area contributed by atoms with Crippen molar-refractivity contribution in [1.82, 2.24) is 15.1 Å². The molecule has 1 aromatic rings. The highest BCUT2D eigenvalue weighted by Gasteiger charge is 2.38.